The predicted octanol–water partition coefficient (Wildman–Crippen LogP) is 0.545. The molecular weight excluding hydrogens is 332 g/mol. The molecule has 0 aliphatic carbocycles. The van der Waals surface area contributed by atoms with Crippen molar-refractivity contribution in [3.8, 4) is 5.75 Å². The summed E-state index contributed by atoms with van der Waals surface area (Å²) in [5.74, 6) is 0.934. The van der Waals surface area contributed by atoms with Gasteiger partial charge in [0.15, 0.2) is 12.6 Å². The number of primary amides is 1. The zero-order chi connectivity index (χ0) is 18.6. The number of ether oxygens (including phenoxy) is 1. The van der Waals surface area contributed by atoms with E-state index < -0.39 is 5.91 Å². The minimum Gasteiger partial charge on any atom is -0.484 e. The molecule has 2 rings (SSSR count). The summed E-state index contributed by atoms with van der Waals surface area (Å²) in [5, 5.41) is 10.8. The summed E-state index contributed by atoms with van der Waals surface area (Å²) in [6, 6.07) is 9.53. The first-order valence-corrected chi connectivity index (χ1v) is 8.59. The third-order valence-electron chi connectivity index (χ3n) is 3.65. The highest BCUT2D eigenvalue weighted by molar-refractivity contribution is 5.79. The molecule has 0 fully saturated rings. The summed E-state index contributed by atoms with van der Waals surface area (Å²) in [5.41, 5.74) is 6.22. The Morgan fingerprint density at radius 2 is 2.04 bits per heavy atom. The third-order valence-corrected chi connectivity index (χ3v) is 3.65. The number of aromatic nitrogens is 2. The molecule has 2 aromatic rings. The predicted molar refractivity (Wildman–Crippen MR) is 101 cm³/mol. The fraction of sp³-hybridized carbons (Fsp3) is 0.389. The molecule has 1 aromatic heterocycles. The van der Waals surface area contributed by atoms with Crippen LogP contribution < -0.4 is 21.1 Å². The molecule has 1 heterocycles. The van der Waals surface area contributed by atoms with Gasteiger partial charge in [0.2, 0.25) is 0 Å². The van der Waals surface area contributed by atoms with E-state index in [0.717, 1.165) is 44.0 Å². The molecule has 0 bridgehead atoms. The van der Waals surface area contributed by atoms with Gasteiger partial charge in [-0.15, -0.1) is 0 Å². The van der Waals surface area contributed by atoms with Crippen molar-refractivity contribution in [1.82, 2.24) is 20.4 Å². The van der Waals surface area contributed by atoms with Gasteiger partial charge in [-0.3, -0.25) is 14.5 Å². The van der Waals surface area contributed by atoms with Crippen molar-refractivity contribution in [3.63, 3.8) is 0 Å². The molecule has 0 spiro atoms. The Morgan fingerprint density at radius 3 is 2.69 bits per heavy atom. The van der Waals surface area contributed by atoms with Crippen LogP contribution >= 0.6 is 0 Å². The molecule has 26 heavy (non-hydrogen) atoms. The molecule has 4 N–H and O–H groups in total. The number of aryl methyl sites for hydroxylation is 1. The van der Waals surface area contributed by atoms with E-state index in [1.165, 1.54) is 0 Å². The Hall–Kier alpha value is -3.03. The first-order chi connectivity index (χ1) is 12.7. The molecular formula is C18H26N6O2. The van der Waals surface area contributed by atoms with Crippen molar-refractivity contribution in [1.29, 1.82) is 0 Å². The van der Waals surface area contributed by atoms with E-state index in [1.54, 1.807) is 13.2 Å². The van der Waals surface area contributed by atoms with Crippen molar-refractivity contribution >= 4 is 11.9 Å². The van der Waals surface area contributed by atoms with Gasteiger partial charge < -0.3 is 21.1 Å². The number of hydrogen-bond donors (Lipinski definition) is 3. The lowest BCUT2D eigenvalue weighted by molar-refractivity contribution is -0.119. The number of hydrogen-bond acceptors (Lipinski definition) is 4. The van der Waals surface area contributed by atoms with Crippen LogP contribution in [0.3, 0.4) is 0 Å². The van der Waals surface area contributed by atoms with Gasteiger partial charge in [0.05, 0.1) is 0 Å². The van der Waals surface area contributed by atoms with E-state index in [9.17, 15) is 4.79 Å². The molecule has 1 amide bonds. The van der Waals surface area contributed by atoms with E-state index in [4.69, 9.17) is 10.5 Å². The zero-order valence-electron chi connectivity index (χ0n) is 15.0. The maximum atomic E-state index is 10.7. The topological polar surface area (TPSA) is 107 Å². The summed E-state index contributed by atoms with van der Waals surface area (Å²) in [6.45, 7) is 2.36. The minimum absolute atomic E-state index is 0.108. The maximum absolute atomic E-state index is 10.7. The molecule has 140 valence electrons. The van der Waals surface area contributed by atoms with E-state index in [-0.39, 0.29) is 6.61 Å². The molecule has 0 atom stereocenters. The van der Waals surface area contributed by atoms with Gasteiger partial charge in [0.25, 0.3) is 5.91 Å². The van der Waals surface area contributed by atoms with Crippen LogP contribution in [-0.2, 0) is 17.8 Å². The Balaban J connectivity index is 1.62. The lowest BCUT2D eigenvalue weighted by atomic mass is 10.1. The summed E-state index contributed by atoms with van der Waals surface area (Å²) < 4.78 is 7.15. The van der Waals surface area contributed by atoms with E-state index >= 15 is 0 Å². The van der Waals surface area contributed by atoms with Gasteiger partial charge in [-0.25, -0.2) is 0 Å². The van der Waals surface area contributed by atoms with Crippen LogP contribution in [-0.4, -0.2) is 48.4 Å². The van der Waals surface area contributed by atoms with Crippen LogP contribution in [0.5, 0.6) is 5.75 Å². The van der Waals surface area contributed by atoms with Crippen molar-refractivity contribution in [2.75, 3.05) is 26.7 Å². The maximum Gasteiger partial charge on any atom is 0.255 e. The normalized spacial score (nSPS) is 11.2. The number of carbonyl (C=O) groups excluding carboxylic acids is 1. The summed E-state index contributed by atoms with van der Waals surface area (Å²) >= 11 is 0. The molecule has 0 aliphatic rings. The van der Waals surface area contributed by atoms with Gasteiger partial charge in [-0.1, -0.05) is 12.1 Å². The van der Waals surface area contributed by atoms with E-state index in [2.05, 4.69) is 20.7 Å². The van der Waals surface area contributed by atoms with Gasteiger partial charge >= 0.3 is 0 Å². The highest BCUT2D eigenvalue weighted by atomic mass is 16.5. The number of nitrogens with two attached hydrogens (primary N) is 1. The second kappa shape index (κ2) is 10.8. The fourth-order valence-electron chi connectivity index (χ4n) is 2.33. The SMILES string of the molecule is CN=C(NCCCn1cccn1)NCCc1ccc(OCC(N)=O)cc1. The Bertz CT molecular complexity index is 682. The summed E-state index contributed by atoms with van der Waals surface area (Å²) in [4.78, 5) is 14.9. The second-order valence-corrected chi connectivity index (χ2v) is 5.70. The Morgan fingerprint density at radius 1 is 1.27 bits per heavy atom. The van der Waals surface area contributed by atoms with Gasteiger partial charge in [-0.2, -0.15) is 5.10 Å². The Labute approximate surface area is 153 Å². The summed E-state index contributed by atoms with van der Waals surface area (Å²) in [7, 11) is 1.76. The molecule has 0 unspecified atom stereocenters. The Kier molecular flexibility index (Phi) is 7.98. The van der Waals surface area contributed by atoms with Crippen LogP contribution in [0.2, 0.25) is 0 Å². The smallest absolute Gasteiger partial charge is 0.255 e. The highest BCUT2D eigenvalue weighted by Gasteiger charge is 2.00. The number of guanidine groups is 1. The van der Waals surface area contributed by atoms with Gasteiger partial charge in [0.1, 0.15) is 5.75 Å². The van der Waals surface area contributed by atoms with Crippen molar-refractivity contribution in [3.05, 3.63) is 48.3 Å². The van der Waals surface area contributed by atoms with E-state index in [1.807, 2.05) is 41.2 Å². The molecule has 0 radical (unpaired) electrons. The average Bonchev–Trinajstić information content (AvgIpc) is 3.16. The molecule has 1 aromatic carbocycles. The quantitative estimate of drug-likeness (QED) is 0.327. The van der Waals surface area contributed by atoms with Gasteiger partial charge in [0, 0.05) is 39.1 Å². The zero-order valence-corrected chi connectivity index (χ0v) is 15.0. The summed E-state index contributed by atoms with van der Waals surface area (Å²) in [6.07, 6.45) is 5.56. The number of nitrogens with zero attached hydrogens (tertiary/aromatic N) is 3. The highest BCUT2D eigenvalue weighted by Crippen LogP contribution is 2.12. The number of amides is 1. The molecule has 8 nitrogen and oxygen atoms in total. The van der Waals surface area contributed by atoms with Crippen LogP contribution in [0.1, 0.15) is 12.0 Å². The van der Waals surface area contributed by atoms with Crippen molar-refractivity contribution in [2.45, 2.75) is 19.4 Å². The van der Waals surface area contributed by atoms with Crippen molar-refractivity contribution in [2.24, 2.45) is 10.7 Å². The molecule has 0 saturated carbocycles. The monoisotopic (exact) mass is 358 g/mol. The lowest BCUT2D eigenvalue weighted by Gasteiger charge is -2.12. The molecule has 8 heteroatoms. The largest absolute Gasteiger partial charge is 0.484 e. The third kappa shape index (κ3) is 7.25. The number of aliphatic imine (C=N–C) groups is 1. The van der Waals surface area contributed by atoms with Crippen LogP contribution in [0.25, 0.3) is 0 Å². The van der Waals surface area contributed by atoms with Crippen LogP contribution in [0.15, 0.2) is 47.7 Å². The lowest BCUT2D eigenvalue weighted by Crippen LogP contribution is -2.39. The average molecular weight is 358 g/mol. The molecule has 0 saturated heterocycles. The molecule has 0 aliphatic heterocycles. The number of carbonyl (C=O) groups is 1. The number of nitrogens with one attached hydrogen (secondary N) is 2. The minimum atomic E-state index is -0.484. The standard InChI is InChI=1S/C18H26N6O2/c1-20-18(21-9-2-12-24-13-3-10-23-24)22-11-8-15-4-6-16(7-5-15)26-14-17(19)25/h3-7,10,13H,2,8-9,11-12,14H2,1H3,(H2,19,25)(H2,20,21,22). The van der Waals surface area contributed by atoms with E-state index in [0.29, 0.717) is 5.75 Å². The number of rotatable bonds is 10. The fourth-order valence-corrected chi connectivity index (χ4v) is 2.33. The number of benzene rings is 1. The van der Waals surface area contributed by atoms with Crippen LogP contribution in [0.4, 0.5) is 0 Å². The second-order valence-electron chi connectivity index (χ2n) is 5.70. The van der Waals surface area contributed by atoms with Crippen molar-refractivity contribution < 1.29 is 9.53 Å². The van der Waals surface area contributed by atoms with Crippen LogP contribution in [0, 0.1) is 0 Å². The first-order valence-electron chi connectivity index (χ1n) is 8.59. The van der Waals surface area contributed by atoms with Gasteiger partial charge in [-0.05, 0) is 36.6 Å². The first kappa shape index (κ1) is 19.3.